The molecule has 24 heavy (non-hydrogen) atoms. The molecule has 10 heteroatoms. The molecule has 1 saturated heterocycles. The van der Waals surface area contributed by atoms with Gasteiger partial charge in [-0.3, -0.25) is 0 Å². The molecule has 1 fully saturated rings. The van der Waals surface area contributed by atoms with Crippen molar-refractivity contribution in [2.24, 2.45) is 5.73 Å². The third-order valence-electron chi connectivity index (χ3n) is 3.76. The van der Waals surface area contributed by atoms with Gasteiger partial charge in [0, 0.05) is 19.1 Å². The first-order valence-electron chi connectivity index (χ1n) is 7.12. The number of nitrogens with zero attached hydrogens (tertiary/aromatic N) is 1. The molecule has 1 unspecified atom stereocenters. The summed E-state index contributed by atoms with van der Waals surface area (Å²) < 4.78 is 70.0. The van der Waals surface area contributed by atoms with E-state index in [2.05, 4.69) is 4.74 Å². The number of piperidine rings is 1. The fourth-order valence-corrected chi connectivity index (χ4v) is 4.11. The number of alkyl halides is 3. The van der Waals surface area contributed by atoms with Gasteiger partial charge in [-0.2, -0.15) is 17.5 Å². The molecule has 0 radical (unpaired) electrons. The molecular weight excluding hydrogens is 349 g/mol. The molecule has 0 amide bonds. The molecule has 1 aliphatic rings. The summed E-state index contributed by atoms with van der Waals surface area (Å²) >= 11 is 0. The zero-order valence-electron chi connectivity index (χ0n) is 12.8. The van der Waals surface area contributed by atoms with Crippen molar-refractivity contribution in [3.63, 3.8) is 0 Å². The fraction of sp³-hybridized carbons (Fsp3) is 0.500. The SMILES string of the molecule is COC(=O)c1ccc(S(=O)(=O)N2CCCC(N)C2)cc1C(F)(F)F. The van der Waals surface area contributed by atoms with E-state index in [9.17, 15) is 26.4 Å². The summed E-state index contributed by atoms with van der Waals surface area (Å²) in [5, 5.41) is 0. The Labute approximate surface area is 137 Å². The van der Waals surface area contributed by atoms with Gasteiger partial charge in [-0.25, -0.2) is 13.2 Å². The van der Waals surface area contributed by atoms with Gasteiger partial charge in [0.2, 0.25) is 10.0 Å². The Morgan fingerprint density at radius 3 is 2.58 bits per heavy atom. The minimum atomic E-state index is -4.90. The maximum Gasteiger partial charge on any atom is 0.417 e. The molecule has 1 aliphatic heterocycles. The van der Waals surface area contributed by atoms with E-state index in [1.807, 2.05) is 0 Å². The molecule has 0 saturated carbocycles. The zero-order valence-corrected chi connectivity index (χ0v) is 13.7. The summed E-state index contributed by atoms with van der Waals surface area (Å²) in [7, 11) is -3.18. The molecule has 0 aromatic heterocycles. The molecule has 2 rings (SSSR count). The van der Waals surface area contributed by atoms with Crippen molar-refractivity contribution in [3.8, 4) is 0 Å². The fourth-order valence-electron chi connectivity index (χ4n) is 2.55. The highest BCUT2D eigenvalue weighted by Crippen LogP contribution is 2.34. The number of rotatable bonds is 3. The summed E-state index contributed by atoms with van der Waals surface area (Å²) in [6.45, 7) is 0.235. The number of ether oxygens (including phenoxy) is 1. The second kappa shape index (κ2) is 6.69. The Balaban J connectivity index is 2.49. The predicted molar refractivity (Wildman–Crippen MR) is 78.8 cm³/mol. The maximum absolute atomic E-state index is 13.2. The molecule has 0 spiro atoms. The number of benzene rings is 1. The number of carbonyl (C=O) groups excluding carboxylic acids is 1. The van der Waals surface area contributed by atoms with E-state index >= 15 is 0 Å². The zero-order chi connectivity index (χ0) is 18.1. The molecule has 2 N–H and O–H groups in total. The number of halogens is 3. The predicted octanol–water partition coefficient (Wildman–Crippen LogP) is 1.60. The summed E-state index contributed by atoms with van der Waals surface area (Å²) in [4.78, 5) is 11.0. The van der Waals surface area contributed by atoms with Gasteiger partial charge in [0.1, 0.15) is 0 Å². The molecule has 1 aromatic carbocycles. The number of methoxy groups -OCH3 is 1. The van der Waals surface area contributed by atoms with Crippen LogP contribution in [0.5, 0.6) is 0 Å². The minimum absolute atomic E-state index is 0.0441. The van der Waals surface area contributed by atoms with E-state index < -0.39 is 38.2 Å². The largest absolute Gasteiger partial charge is 0.465 e. The van der Waals surface area contributed by atoms with E-state index in [0.29, 0.717) is 18.9 Å². The van der Waals surface area contributed by atoms with Crippen LogP contribution in [0.25, 0.3) is 0 Å². The lowest BCUT2D eigenvalue weighted by Crippen LogP contribution is -2.45. The smallest absolute Gasteiger partial charge is 0.417 e. The van der Waals surface area contributed by atoms with E-state index in [1.165, 1.54) is 0 Å². The number of nitrogens with two attached hydrogens (primary N) is 1. The number of esters is 1. The quantitative estimate of drug-likeness (QED) is 0.821. The molecule has 134 valence electrons. The van der Waals surface area contributed by atoms with Gasteiger partial charge in [-0.1, -0.05) is 0 Å². The van der Waals surface area contributed by atoms with E-state index in [4.69, 9.17) is 5.73 Å². The second-order valence-electron chi connectivity index (χ2n) is 5.46. The summed E-state index contributed by atoms with van der Waals surface area (Å²) in [5.41, 5.74) is 3.65. The average molecular weight is 366 g/mol. The highest BCUT2D eigenvalue weighted by Gasteiger charge is 2.38. The first kappa shape index (κ1) is 18.7. The highest BCUT2D eigenvalue weighted by molar-refractivity contribution is 7.89. The Bertz CT molecular complexity index is 734. The van der Waals surface area contributed by atoms with E-state index in [0.717, 1.165) is 23.5 Å². The molecular formula is C14H17F3N2O4S. The van der Waals surface area contributed by atoms with Gasteiger partial charge < -0.3 is 10.5 Å². The normalized spacial score (nSPS) is 20.0. The van der Waals surface area contributed by atoms with Crippen LogP contribution >= 0.6 is 0 Å². The second-order valence-corrected chi connectivity index (χ2v) is 7.40. The van der Waals surface area contributed by atoms with Crippen LogP contribution in [-0.2, 0) is 20.9 Å². The Morgan fingerprint density at radius 1 is 1.38 bits per heavy atom. The Hall–Kier alpha value is -1.65. The average Bonchev–Trinajstić information content (AvgIpc) is 2.52. The molecule has 1 heterocycles. The van der Waals surface area contributed by atoms with Crippen molar-refractivity contribution in [1.29, 1.82) is 0 Å². The minimum Gasteiger partial charge on any atom is -0.465 e. The highest BCUT2D eigenvalue weighted by atomic mass is 32.2. The van der Waals surface area contributed by atoms with Crippen LogP contribution in [0.3, 0.4) is 0 Å². The number of hydrogen-bond acceptors (Lipinski definition) is 5. The van der Waals surface area contributed by atoms with Crippen molar-refractivity contribution in [2.75, 3.05) is 20.2 Å². The summed E-state index contributed by atoms with van der Waals surface area (Å²) in [5.74, 6) is -1.19. The Kier molecular flexibility index (Phi) is 5.21. The summed E-state index contributed by atoms with van der Waals surface area (Å²) in [6.07, 6.45) is -3.71. The lowest BCUT2D eigenvalue weighted by molar-refractivity contribution is -0.138. The van der Waals surface area contributed by atoms with Crippen LogP contribution in [0.15, 0.2) is 23.1 Å². The third kappa shape index (κ3) is 3.70. The van der Waals surface area contributed by atoms with Crippen molar-refractivity contribution in [3.05, 3.63) is 29.3 Å². The van der Waals surface area contributed by atoms with Gasteiger partial charge in [0.25, 0.3) is 0 Å². The van der Waals surface area contributed by atoms with Gasteiger partial charge in [-0.15, -0.1) is 0 Å². The molecule has 0 bridgehead atoms. The first-order chi connectivity index (χ1) is 11.1. The van der Waals surface area contributed by atoms with E-state index in [-0.39, 0.29) is 19.1 Å². The van der Waals surface area contributed by atoms with Crippen molar-refractivity contribution < 1.29 is 31.1 Å². The van der Waals surface area contributed by atoms with Crippen molar-refractivity contribution in [2.45, 2.75) is 30.0 Å². The molecule has 1 atom stereocenters. The third-order valence-corrected chi connectivity index (χ3v) is 5.62. The van der Waals surface area contributed by atoms with Crippen LogP contribution in [0, 0.1) is 0 Å². The van der Waals surface area contributed by atoms with E-state index in [1.54, 1.807) is 0 Å². The van der Waals surface area contributed by atoms with Gasteiger partial charge >= 0.3 is 12.1 Å². The lowest BCUT2D eigenvalue weighted by Gasteiger charge is -2.30. The molecule has 6 nitrogen and oxygen atoms in total. The van der Waals surface area contributed by atoms with Crippen LogP contribution < -0.4 is 5.73 Å². The molecule has 0 aliphatic carbocycles. The van der Waals surface area contributed by atoms with Crippen molar-refractivity contribution >= 4 is 16.0 Å². The lowest BCUT2D eigenvalue weighted by atomic mass is 10.1. The first-order valence-corrected chi connectivity index (χ1v) is 8.56. The summed E-state index contributed by atoms with van der Waals surface area (Å²) in [6, 6.07) is 1.88. The standard InChI is InChI=1S/C14H17F3N2O4S/c1-23-13(20)11-5-4-10(7-12(11)14(15,16)17)24(21,22)19-6-2-3-9(18)8-19/h4-5,7,9H,2-3,6,8,18H2,1H3. The van der Waals surface area contributed by atoms with Crippen LogP contribution in [0.2, 0.25) is 0 Å². The molecule has 1 aromatic rings. The van der Waals surface area contributed by atoms with Gasteiger partial charge in [0.15, 0.2) is 0 Å². The van der Waals surface area contributed by atoms with Gasteiger partial charge in [-0.05, 0) is 31.0 Å². The number of sulfonamides is 1. The van der Waals surface area contributed by atoms with Crippen LogP contribution in [0.1, 0.15) is 28.8 Å². The van der Waals surface area contributed by atoms with Crippen LogP contribution in [0.4, 0.5) is 13.2 Å². The van der Waals surface area contributed by atoms with Crippen LogP contribution in [-0.4, -0.2) is 44.9 Å². The Morgan fingerprint density at radius 2 is 2.04 bits per heavy atom. The van der Waals surface area contributed by atoms with Crippen molar-refractivity contribution in [1.82, 2.24) is 4.31 Å². The number of hydrogen-bond donors (Lipinski definition) is 1. The maximum atomic E-state index is 13.2. The van der Waals surface area contributed by atoms with Gasteiger partial charge in [0.05, 0.1) is 23.1 Å². The topological polar surface area (TPSA) is 89.7 Å². The number of carbonyl (C=O) groups is 1. The monoisotopic (exact) mass is 366 g/mol.